The maximum atomic E-state index is 13.0. The number of nitrogens with one attached hydrogen (secondary N) is 1. The van der Waals surface area contributed by atoms with Crippen LogP contribution in [0.3, 0.4) is 0 Å². The number of hydrogen-bond donors (Lipinski definition) is 4. The summed E-state index contributed by atoms with van der Waals surface area (Å²) in [5.41, 5.74) is 19.9. The molecule has 0 aliphatic carbocycles. The fourth-order valence-corrected chi connectivity index (χ4v) is 4.78. The summed E-state index contributed by atoms with van der Waals surface area (Å²) in [5.74, 6) is 1.98. The summed E-state index contributed by atoms with van der Waals surface area (Å²) in [7, 11) is 1.59. The van der Waals surface area contributed by atoms with Crippen LogP contribution in [0.4, 0.5) is 5.69 Å². The number of fused-ring (bicyclic) bond motifs is 1. The van der Waals surface area contributed by atoms with E-state index in [0.717, 1.165) is 18.5 Å². The van der Waals surface area contributed by atoms with Crippen molar-refractivity contribution in [1.82, 2.24) is 9.55 Å². The van der Waals surface area contributed by atoms with E-state index >= 15 is 0 Å². The van der Waals surface area contributed by atoms with Gasteiger partial charge in [0.05, 0.1) is 18.1 Å². The van der Waals surface area contributed by atoms with Crippen LogP contribution < -0.4 is 32.0 Å². The highest BCUT2D eigenvalue weighted by atomic mass is 16.5. The van der Waals surface area contributed by atoms with Gasteiger partial charge in [-0.1, -0.05) is 65.8 Å². The lowest BCUT2D eigenvalue weighted by Crippen LogP contribution is -2.22. The Balaban J connectivity index is 0.000000671. The molecule has 0 spiro atoms. The number of amides is 2. The SMILES string of the molecule is CC.CCCN=C(N)N.COc1ccc(NC(=O)c2ccc3c(c2)nc(-c2cccc(Oc4ccc(C(C)(C)C)cc4)c2)n3CC(N)=O)cc1. The Hall–Kier alpha value is -5.84. The van der Waals surface area contributed by atoms with E-state index in [-0.39, 0.29) is 23.8 Å². The van der Waals surface area contributed by atoms with Crippen molar-refractivity contribution in [2.24, 2.45) is 22.2 Å². The quantitative estimate of drug-likeness (QED) is 0.0890. The Labute approximate surface area is 294 Å². The molecule has 0 bridgehead atoms. The third-order valence-corrected chi connectivity index (χ3v) is 7.24. The first-order valence-corrected chi connectivity index (χ1v) is 16.6. The summed E-state index contributed by atoms with van der Waals surface area (Å²) in [5, 5.41) is 2.88. The molecule has 0 atom stereocenters. The van der Waals surface area contributed by atoms with Gasteiger partial charge in [0.1, 0.15) is 29.6 Å². The van der Waals surface area contributed by atoms with E-state index in [9.17, 15) is 9.59 Å². The summed E-state index contributed by atoms with van der Waals surface area (Å²) in [6, 6.07) is 27.8. The molecular formula is C39H49N7O4. The van der Waals surface area contributed by atoms with Crippen LogP contribution in [0.25, 0.3) is 22.4 Å². The van der Waals surface area contributed by atoms with Gasteiger partial charge in [-0.3, -0.25) is 14.6 Å². The van der Waals surface area contributed by atoms with E-state index in [2.05, 4.69) is 43.2 Å². The monoisotopic (exact) mass is 679 g/mol. The highest BCUT2D eigenvalue weighted by Gasteiger charge is 2.18. The summed E-state index contributed by atoms with van der Waals surface area (Å²) in [4.78, 5) is 33.5. The van der Waals surface area contributed by atoms with E-state index in [1.807, 2.05) is 57.2 Å². The summed E-state index contributed by atoms with van der Waals surface area (Å²) in [6.07, 6.45) is 0.998. The van der Waals surface area contributed by atoms with E-state index in [0.29, 0.717) is 45.4 Å². The van der Waals surface area contributed by atoms with E-state index in [4.69, 9.17) is 31.7 Å². The minimum atomic E-state index is -0.502. The van der Waals surface area contributed by atoms with Gasteiger partial charge in [0, 0.05) is 23.4 Å². The summed E-state index contributed by atoms with van der Waals surface area (Å²) < 4.78 is 13.1. The van der Waals surface area contributed by atoms with Crippen molar-refractivity contribution in [3.8, 4) is 28.6 Å². The van der Waals surface area contributed by atoms with E-state index in [1.54, 1.807) is 54.1 Å². The lowest BCUT2D eigenvalue weighted by Gasteiger charge is -2.19. The van der Waals surface area contributed by atoms with E-state index < -0.39 is 5.91 Å². The molecule has 11 nitrogen and oxygen atoms in total. The van der Waals surface area contributed by atoms with Gasteiger partial charge >= 0.3 is 0 Å². The van der Waals surface area contributed by atoms with Gasteiger partial charge in [-0.05, 0) is 84.1 Å². The van der Waals surface area contributed by atoms with Crippen LogP contribution in [0.15, 0.2) is 96.0 Å². The Kier molecular flexibility index (Phi) is 14.0. The first kappa shape index (κ1) is 38.6. The minimum absolute atomic E-state index is 0.0498. The highest BCUT2D eigenvalue weighted by Crippen LogP contribution is 2.31. The molecule has 5 rings (SSSR count). The number of carbonyl (C=O) groups excluding carboxylic acids is 2. The zero-order valence-electron chi connectivity index (χ0n) is 30.0. The molecule has 2 amide bonds. The van der Waals surface area contributed by atoms with Gasteiger partial charge in [-0.2, -0.15) is 0 Å². The number of benzene rings is 4. The molecule has 11 heteroatoms. The van der Waals surface area contributed by atoms with Crippen molar-refractivity contribution >= 4 is 34.5 Å². The summed E-state index contributed by atoms with van der Waals surface area (Å²) in [6.45, 7) is 13.2. The molecule has 4 aromatic carbocycles. The lowest BCUT2D eigenvalue weighted by atomic mass is 9.87. The summed E-state index contributed by atoms with van der Waals surface area (Å²) >= 11 is 0. The molecule has 1 heterocycles. The number of methoxy groups -OCH3 is 1. The normalized spacial score (nSPS) is 10.5. The Morgan fingerprint density at radius 3 is 2.08 bits per heavy atom. The average Bonchev–Trinajstić information content (AvgIpc) is 3.45. The number of hydrogen-bond acceptors (Lipinski definition) is 6. The number of aromatic nitrogens is 2. The Bertz CT molecular complexity index is 1890. The van der Waals surface area contributed by atoms with Crippen molar-refractivity contribution in [3.63, 3.8) is 0 Å². The first-order chi connectivity index (χ1) is 23.9. The molecule has 0 aliphatic heterocycles. The number of rotatable bonds is 10. The molecule has 0 fully saturated rings. The number of ether oxygens (including phenoxy) is 2. The van der Waals surface area contributed by atoms with Crippen molar-refractivity contribution in [3.05, 3.63) is 102 Å². The van der Waals surface area contributed by atoms with Crippen LogP contribution in [-0.4, -0.2) is 41.0 Å². The maximum absolute atomic E-state index is 13.0. The molecule has 1 aromatic heterocycles. The van der Waals surface area contributed by atoms with Crippen molar-refractivity contribution in [2.45, 2.75) is 59.9 Å². The zero-order valence-corrected chi connectivity index (χ0v) is 30.0. The number of nitrogens with zero attached hydrogens (tertiary/aromatic N) is 3. The van der Waals surface area contributed by atoms with Crippen LogP contribution in [0, 0.1) is 0 Å². The van der Waals surface area contributed by atoms with Gasteiger partial charge < -0.3 is 36.6 Å². The standard InChI is InChI=1S/C33H32N4O4.C4H11N3.C2H6/c1-33(2,3)23-9-13-26(14-10-23)41-27-7-5-6-21(18-27)31-36-28-19-22(8-17-29(28)37(31)20-30(34)38)32(39)35-24-11-15-25(40-4)16-12-24;1-2-3-7-4(5)6;1-2/h5-19H,20H2,1-4H3,(H2,34,38)(H,35,39);2-3H2,1H3,(H4,5,6,7);1-2H3. The van der Waals surface area contributed by atoms with Gasteiger partial charge in [-0.25, -0.2) is 4.98 Å². The van der Waals surface area contributed by atoms with Crippen molar-refractivity contribution in [1.29, 1.82) is 0 Å². The molecule has 0 aliphatic rings. The van der Waals surface area contributed by atoms with Gasteiger partial charge in [-0.15, -0.1) is 0 Å². The second-order valence-corrected chi connectivity index (χ2v) is 12.1. The molecule has 0 radical (unpaired) electrons. The van der Waals surface area contributed by atoms with E-state index in [1.165, 1.54) is 5.56 Å². The van der Waals surface area contributed by atoms with Crippen molar-refractivity contribution < 1.29 is 19.1 Å². The van der Waals surface area contributed by atoms with Gasteiger partial charge in [0.25, 0.3) is 5.91 Å². The number of anilines is 1. The fourth-order valence-electron chi connectivity index (χ4n) is 4.78. The highest BCUT2D eigenvalue weighted by molar-refractivity contribution is 6.06. The lowest BCUT2D eigenvalue weighted by molar-refractivity contribution is -0.118. The van der Waals surface area contributed by atoms with Crippen LogP contribution in [0.1, 0.15) is 63.9 Å². The maximum Gasteiger partial charge on any atom is 0.255 e. The molecule has 264 valence electrons. The zero-order chi connectivity index (χ0) is 36.8. The first-order valence-electron chi connectivity index (χ1n) is 16.6. The van der Waals surface area contributed by atoms with Crippen LogP contribution in [0.5, 0.6) is 17.2 Å². The van der Waals surface area contributed by atoms with Gasteiger partial charge in [0.2, 0.25) is 5.91 Å². The Morgan fingerprint density at radius 2 is 1.52 bits per heavy atom. The number of carbonyl (C=O) groups is 2. The van der Waals surface area contributed by atoms with Crippen LogP contribution >= 0.6 is 0 Å². The number of guanidine groups is 1. The predicted octanol–water partition coefficient (Wildman–Crippen LogP) is 7.24. The molecule has 5 aromatic rings. The molecular weight excluding hydrogens is 630 g/mol. The van der Waals surface area contributed by atoms with Crippen molar-refractivity contribution in [2.75, 3.05) is 19.0 Å². The van der Waals surface area contributed by atoms with Crippen LogP contribution in [0.2, 0.25) is 0 Å². The number of aliphatic imine (C=N–C) groups is 1. The average molecular weight is 680 g/mol. The minimum Gasteiger partial charge on any atom is -0.497 e. The third kappa shape index (κ3) is 10.8. The number of nitrogens with two attached hydrogens (primary N) is 3. The third-order valence-electron chi connectivity index (χ3n) is 7.24. The largest absolute Gasteiger partial charge is 0.497 e. The number of primary amides is 1. The fraction of sp³-hybridized carbons (Fsp3) is 0.282. The second kappa shape index (κ2) is 18.1. The smallest absolute Gasteiger partial charge is 0.255 e. The second-order valence-electron chi connectivity index (χ2n) is 12.1. The molecule has 50 heavy (non-hydrogen) atoms. The molecule has 7 N–H and O–H groups in total. The number of imidazole rings is 1. The molecule has 0 unspecified atom stereocenters. The molecule has 0 saturated heterocycles. The molecule has 0 saturated carbocycles. The van der Waals surface area contributed by atoms with Crippen LogP contribution in [-0.2, 0) is 16.8 Å². The predicted molar refractivity (Wildman–Crippen MR) is 203 cm³/mol. The Morgan fingerprint density at radius 1 is 0.860 bits per heavy atom. The topological polar surface area (TPSA) is 173 Å². The van der Waals surface area contributed by atoms with Gasteiger partial charge in [0.15, 0.2) is 5.96 Å².